The number of imidazole rings is 1. The van der Waals surface area contributed by atoms with Gasteiger partial charge in [0.15, 0.2) is 28.4 Å². The van der Waals surface area contributed by atoms with Gasteiger partial charge in [0.2, 0.25) is 0 Å². The molecule has 176 valence electrons. The molecule has 2 fully saturated rings. The van der Waals surface area contributed by atoms with Crippen molar-refractivity contribution in [1.29, 1.82) is 0 Å². The molecule has 0 saturated carbocycles. The highest BCUT2D eigenvalue weighted by Crippen LogP contribution is 2.53. The molecule has 4 heterocycles. The topological polar surface area (TPSA) is 141 Å². The molecule has 2 aliphatic heterocycles. The van der Waals surface area contributed by atoms with Gasteiger partial charge in [0.05, 0.1) is 6.61 Å². The maximum absolute atomic E-state index is 11.9. The van der Waals surface area contributed by atoms with Crippen LogP contribution >= 0.6 is 19.6 Å². The standard InChI is InChI=1S/C20H24N5O6PS/c1-2-8-21-17-14-18(23-11-22-17)25(20(24-14)33-10-12-6-4-3-5-7-12)19-15(26)16-13(30-19)9-29-32(27,28)31-16/h3-7,11,13,15-16,19,26H,2,8-10H2,1H3,(H,27,28)(H,21,22,23). The quantitative estimate of drug-likeness (QED) is 0.330. The number of hydrogen-bond donors (Lipinski definition) is 3. The summed E-state index contributed by atoms with van der Waals surface area (Å²) in [6, 6.07) is 9.93. The van der Waals surface area contributed by atoms with Crippen molar-refractivity contribution in [3.8, 4) is 0 Å². The van der Waals surface area contributed by atoms with Crippen LogP contribution in [0.4, 0.5) is 5.82 Å². The van der Waals surface area contributed by atoms with Gasteiger partial charge < -0.3 is 20.1 Å². The summed E-state index contributed by atoms with van der Waals surface area (Å²) in [4.78, 5) is 23.2. The van der Waals surface area contributed by atoms with E-state index in [0.717, 1.165) is 18.5 Å². The maximum atomic E-state index is 11.9. The van der Waals surface area contributed by atoms with Crippen molar-refractivity contribution in [2.45, 2.75) is 48.8 Å². The summed E-state index contributed by atoms with van der Waals surface area (Å²) in [5.74, 6) is 1.22. The zero-order chi connectivity index (χ0) is 23.0. The number of phosphoric acid groups is 1. The fourth-order valence-electron chi connectivity index (χ4n) is 3.86. The first-order valence-corrected chi connectivity index (χ1v) is 13.1. The molecule has 0 amide bonds. The summed E-state index contributed by atoms with van der Waals surface area (Å²) >= 11 is 1.47. The summed E-state index contributed by atoms with van der Waals surface area (Å²) in [6.45, 7) is 2.61. The second-order valence-corrected chi connectivity index (χ2v) is 10.1. The minimum Gasteiger partial charge on any atom is -0.386 e. The van der Waals surface area contributed by atoms with Crippen LogP contribution in [-0.4, -0.2) is 61.0 Å². The van der Waals surface area contributed by atoms with E-state index in [2.05, 4.69) is 22.2 Å². The van der Waals surface area contributed by atoms with E-state index in [9.17, 15) is 14.6 Å². The number of nitrogens with one attached hydrogen (secondary N) is 1. The van der Waals surface area contributed by atoms with Crippen LogP contribution in [0.3, 0.4) is 0 Å². The van der Waals surface area contributed by atoms with E-state index in [-0.39, 0.29) is 6.61 Å². The minimum atomic E-state index is -4.24. The van der Waals surface area contributed by atoms with Crippen molar-refractivity contribution in [2.24, 2.45) is 0 Å². The van der Waals surface area contributed by atoms with Crippen LogP contribution in [0.2, 0.25) is 0 Å². The Hall–Kier alpha value is -2.05. The first-order chi connectivity index (χ1) is 16.0. The molecule has 11 nitrogen and oxygen atoms in total. The van der Waals surface area contributed by atoms with Gasteiger partial charge in [-0.25, -0.2) is 19.5 Å². The molecule has 3 N–H and O–H groups in total. The third-order valence-electron chi connectivity index (χ3n) is 5.42. The Balaban J connectivity index is 1.53. The normalized spacial score (nSPS) is 29.3. The molecular weight excluding hydrogens is 469 g/mol. The van der Waals surface area contributed by atoms with Gasteiger partial charge in [0.25, 0.3) is 0 Å². The predicted octanol–water partition coefficient (Wildman–Crippen LogP) is 2.71. The summed E-state index contributed by atoms with van der Waals surface area (Å²) in [6.07, 6.45) is -1.53. The minimum absolute atomic E-state index is 0.163. The number of rotatable bonds is 7. The lowest BCUT2D eigenvalue weighted by Gasteiger charge is -2.27. The summed E-state index contributed by atoms with van der Waals surface area (Å²) in [5, 5.41) is 14.8. The van der Waals surface area contributed by atoms with Gasteiger partial charge in [0, 0.05) is 12.3 Å². The highest BCUT2D eigenvalue weighted by atomic mass is 32.2. The van der Waals surface area contributed by atoms with Crippen LogP contribution in [0.15, 0.2) is 41.8 Å². The molecule has 3 aromatic rings. The van der Waals surface area contributed by atoms with Crippen LogP contribution in [0.25, 0.3) is 11.2 Å². The van der Waals surface area contributed by atoms with Crippen molar-refractivity contribution in [1.82, 2.24) is 19.5 Å². The first kappa shape index (κ1) is 22.7. The molecule has 13 heteroatoms. The van der Waals surface area contributed by atoms with Crippen LogP contribution in [0.1, 0.15) is 25.1 Å². The number of nitrogens with zero attached hydrogens (tertiary/aromatic N) is 4. The summed E-state index contributed by atoms with van der Waals surface area (Å²) < 4.78 is 29.6. The Morgan fingerprint density at radius 2 is 2.12 bits per heavy atom. The number of ether oxygens (including phenoxy) is 1. The lowest BCUT2D eigenvalue weighted by atomic mass is 10.1. The van der Waals surface area contributed by atoms with Gasteiger partial charge in [0.1, 0.15) is 24.6 Å². The van der Waals surface area contributed by atoms with Gasteiger partial charge in [-0.05, 0) is 12.0 Å². The van der Waals surface area contributed by atoms with Crippen molar-refractivity contribution in [3.05, 3.63) is 42.2 Å². The number of aliphatic hydroxyl groups excluding tert-OH is 1. The molecule has 5 atom stereocenters. The van der Waals surface area contributed by atoms with E-state index >= 15 is 0 Å². The zero-order valence-electron chi connectivity index (χ0n) is 17.8. The average Bonchev–Trinajstić information content (AvgIpc) is 3.33. The molecule has 0 spiro atoms. The van der Waals surface area contributed by atoms with Crippen molar-refractivity contribution in [3.63, 3.8) is 0 Å². The molecule has 5 rings (SSSR count). The second-order valence-electron chi connectivity index (χ2n) is 7.75. The smallest absolute Gasteiger partial charge is 0.386 e. The lowest BCUT2D eigenvalue weighted by Crippen LogP contribution is -2.39. The number of phosphoric ester groups is 1. The Morgan fingerprint density at radius 3 is 2.91 bits per heavy atom. The van der Waals surface area contributed by atoms with Gasteiger partial charge in [-0.2, -0.15) is 0 Å². The van der Waals surface area contributed by atoms with Gasteiger partial charge in [-0.1, -0.05) is 49.0 Å². The molecule has 5 unspecified atom stereocenters. The molecule has 0 radical (unpaired) electrons. The average molecular weight is 493 g/mol. The predicted molar refractivity (Wildman–Crippen MR) is 121 cm³/mol. The Bertz CT molecular complexity index is 1180. The number of benzene rings is 1. The van der Waals surface area contributed by atoms with E-state index in [1.165, 1.54) is 18.1 Å². The maximum Gasteiger partial charge on any atom is 0.472 e. The first-order valence-electron chi connectivity index (χ1n) is 10.6. The van der Waals surface area contributed by atoms with Gasteiger partial charge >= 0.3 is 7.82 Å². The number of aliphatic hydroxyl groups is 1. The Labute approximate surface area is 194 Å². The SMILES string of the molecule is CCCNc1ncnc2c1nc(SCc1ccccc1)n2C1OC2COP(=O)(O)OC2C1O. The fraction of sp³-hybridized carbons (Fsp3) is 0.450. The van der Waals surface area contributed by atoms with E-state index in [1.54, 1.807) is 4.57 Å². The second kappa shape index (κ2) is 9.30. The zero-order valence-corrected chi connectivity index (χ0v) is 19.5. The van der Waals surface area contributed by atoms with E-state index in [0.29, 0.717) is 27.9 Å². The number of aromatic nitrogens is 4. The molecule has 2 aliphatic rings. The Kier molecular flexibility index (Phi) is 6.41. The third kappa shape index (κ3) is 4.52. The largest absolute Gasteiger partial charge is 0.472 e. The molecular formula is C20H24N5O6PS. The van der Waals surface area contributed by atoms with Crippen LogP contribution < -0.4 is 5.32 Å². The van der Waals surface area contributed by atoms with E-state index in [1.807, 2.05) is 30.3 Å². The lowest BCUT2D eigenvalue weighted by molar-refractivity contribution is -0.0684. The van der Waals surface area contributed by atoms with Gasteiger partial charge in [-0.3, -0.25) is 13.6 Å². The number of fused-ring (bicyclic) bond motifs is 2. The molecule has 2 aromatic heterocycles. The highest BCUT2D eigenvalue weighted by Gasteiger charge is 2.53. The monoisotopic (exact) mass is 493 g/mol. The molecule has 2 saturated heterocycles. The van der Waals surface area contributed by atoms with Crippen molar-refractivity contribution >= 4 is 36.6 Å². The van der Waals surface area contributed by atoms with E-state index in [4.69, 9.17) is 18.8 Å². The van der Waals surface area contributed by atoms with Crippen LogP contribution in [-0.2, 0) is 24.1 Å². The highest BCUT2D eigenvalue weighted by molar-refractivity contribution is 7.98. The summed E-state index contributed by atoms with van der Waals surface area (Å²) in [7, 11) is -4.24. The number of hydrogen-bond acceptors (Lipinski definition) is 10. The van der Waals surface area contributed by atoms with E-state index < -0.39 is 32.4 Å². The Morgan fingerprint density at radius 1 is 1.30 bits per heavy atom. The van der Waals surface area contributed by atoms with Crippen molar-refractivity contribution < 1.29 is 28.3 Å². The summed E-state index contributed by atoms with van der Waals surface area (Å²) in [5.41, 5.74) is 2.14. The number of thioether (sulfide) groups is 1. The molecule has 1 aromatic carbocycles. The molecule has 0 bridgehead atoms. The van der Waals surface area contributed by atoms with Crippen LogP contribution in [0, 0.1) is 0 Å². The van der Waals surface area contributed by atoms with Crippen molar-refractivity contribution in [2.75, 3.05) is 18.5 Å². The van der Waals surface area contributed by atoms with Gasteiger partial charge in [-0.15, -0.1) is 0 Å². The van der Waals surface area contributed by atoms with Crippen LogP contribution in [0.5, 0.6) is 0 Å². The third-order valence-corrected chi connectivity index (χ3v) is 7.43. The fourth-order valence-corrected chi connectivity index (χ4v) is 5.80. The number of anilines is 1. The molecule has 33 heavy (non-hydrogen) atoms. The molecule has 0 aliphatic carbocycles.